The normalized spacial score (nSPS) is 13.1. The molecule has 1 nitrogen and oxygen atoms in total. The minimum atomic E-state index is -2.66. The first-order valence-corrected chi connectivity index (χ1v) is 22.7. The van der Waals surface area contributed by atoms with Crippen LogP contribution in [-0.4, -0.2) is 12.6 Å². The zero-order valence-corrected chi connectivity index (χ0v) is 34.3. The molecule has 0 amide bonds. The van der Waals surface area contributed by atoms with Crippen LogP contribution in [0.15, 0.2) is 224 Å². The van der Waals surface area contributed by atoms with E-state index in [1.165, 1.54) is 92.7 Å². The van der Waals surface area contributed by atoms with Gasteiger partial charge in [-0.1, -0.05) is 202 Å². The lowest BCUT2D eigenvalue weighted by molar-refractivity contribution is 0.661. The van der Waals surface area contributed by atoms with E-state index in [0.717, 1.165) is 0 Å². The van der Waals surface area contributed by atoms with Crippen molar-refractivity contribution in [1.29, 1.82) is 0 Å². The highest BCUT2D eigenvalue weighted by Gasteiger charge is 2.44. The van der Waals surface area contributed by atoms with Gasteiger partial charge in [0.05, 0.1) is 11.0 Å². The summed E-state index contributed by atoms with van der Waals surface area (Å²) in [5, 5.41) is 8.14. The zero-order chi connectivity index (χ0) is 39.6. The molecule has 0 fully saturated rings. The molecular formula is C57H43NSi. The molecule has 10 aromatic rings. The zero-order valence-electron chi connectivity index (χ0n) is 33.3. The van der Waals surface area contributed by atoms with Crippen molar-refractivity contribution in [1.82, 2.24) is 4.57 Å². The first kappa shape index (κ1) is 35.2. The number of rotatable bonds is 7. The molecule has 280 valence electrons. The van der Waals surface area contributed by atoms with Crippen molar-refractivity contribution in [2.24, 2.45) is 0 Å². The van der Waals surface area contributed by atoms with Crippen LogP contribution in [0.2, 0.25) is 0 Å². The van der Waals surface area contributed by atoms with Crippen LogP contribution in [0.25, 0.3) is 60.9 Å². The van der Waals surface area contributed by atoms with Gasteiger partial charge in [-0.2, -0.15) is 0 Å². The van der Waals surface area contributed by atoms with Crippen molar-refractivity contribution < 1.29 is 0 Å². The fraction of sp³-hybridized carbons (Fsp3) is 0.0526. The van der Waals surface area contributed by atoms with Gasteiger partial charge in [-0.05, 0) is 102 Å². The number of hydrogen-bond donors (Lipinski definition) is 0. The summed E-state index contributed by atoms with van der Waals surface area (Å²) in [4.78, 5) is 0. The Labute approximate surface area is 347 Å². The molecule has 1 aliphatic carbocycles. The van der Waals surface area contributed by atoms with Crippen LogP contribution in [-0.2, 0) is 5.41 Å². The van der Waals surface area contributed by atoms with Crippen LogP contribution in [0.5, 0.6) is 0 Å². The SMILES string of the molecule is CC1(C)c2cc(-c3ccc4c(c3)c3ccccc3n4-c3ccc(-c4ccccc4)cc3)ccc2-c2ccc([Si](c3ccccc3)(c3ccccc3)c3ccccc3)cc21. The average Bonchev–Trinajstić information content (AvgIpc) is 3.75. The van der Waals surface area contributed by atoms with Crippen LogP contribution >= 0.6 is 0 Å². The summed E-state index contributed by atoms with van der Waals surface area (Å²) in [7, 11) is -2.66. The summed E-state index contributed by atoms with van der Waals surface area (Å²) in [6.07, 6.45) is 0. The fourth-order valence-electron chi connectivity index (χ4n) is 10.1. The lowest BCUT2D eigenvalue weighted by Crippen LogP contribution is -2.74. The molecule has 0 saturated carbocycles. The van der Waals surface area contributed by atoms with E-state index in [1.54, 1.807) is 0 Å². The summed E-state index contributed by atoms with van der Waals surface area (Å²) in [5.41, 5.74) is 13.8. The predicted octanol–water partition coefficient (Wildman–Crippen LogP) is 11.8. The van der Waals surface area contributed by atoms with Crippen molar-refractivity contribution in [2.75, 3.05) is 0 Å². The molecule has 0 spiro atoms. The Kier molecular flexibility index (Phi) is 8.25. The van der Waals surface area contributed by atoms with Crippen LogP contribution in [0.4, 0.5) is 0 Å². The van der Waals surface area contributed by atoms with Crippen LogP contribution in [0.3, 0.4) is 0 Å². The Morgan fingerprint density at radius 1 is 0.339 bits per heavy atom. The van der Waals surface area contributed by atoms with E-state index in [0.29, 0.717) is 0 Å². The van der Waals surface area contributed by atoms with Gasteiger partial charge in [0.15, 0.2) is 8.07 Å². The highest BCUT2D eigenvalue weighted by atomic mass is 28.3. The van der Waals surface area contributed by atoms with Gasteiger partial charge in [-0.15, -0.1) is 0 Å². The molecule has 1 aromatic heterocycles. The second kappa shape index (κ2) is 13.8. The van der Waals surface area contributed by atoms with Crippen molar-refractivity contribution in [3.63, 3.8) is 0 Å². The van der Waals surface area contributed by atoms with E-state index in [1.807, 2.05) is 0 Å². The minimum absolute atomic E-state index is 0.188. The van der Waals surface area contributed by atoms with Gasteiger partial charge in [0.25, 0.3) is 0 Å². The molecule has 11 rings (SSSR count). The molecule has 0 aliphatic heterocycles. The number of para-hydroxylation sites is 1. The first-order chi connectivity index (χ1) is 29.0. The van der Waals surface area contributed by atoms with Gasteiger partial charge >= 0.3 is 0 Å². The molecule has 0 unspecified atom stereocenters. The summed E-state index contributed by atoms with van der Waals surface area (Å²) in [6, 6.07) is 83.8. The third-order valence-corrected chi connectivity index (χ3v) is 17.7. The van der Waals surface area contributed by atoms with Gasteiger partial charge in [-0.3, -0.25) is 0 Å². The lowest BCUT2D eigenvalue weighted by Gasteiger charge is -2.35. The van der Waals surface area contributed by atoms with Crippen LogP contribution in [0.1, 0.15) is 25.0 Å². The van der Waals surface area contributed by atoms with Crippen molar-refractivity contribution >= 4 is 50.6 Å². The summed E-state index contributed by atoms with van der Waals surface area (Å²) in [5.74, 6) is 0. The first-order valence-electron chi connectivity index (χ1n) is 20.7. The third-order valence-electron chi connectivity index (χ3n) is 13.0. The second-order valence-electron chi connectivity index (χ2n) is 16.5. The third kappa shape index (κ3) is 5.51. The maximum absolute atomic E-state index is 2.66. The summed E-state index contributed by atoms with van der Waals surface area (Å²) >= 11 is 0. The van der Waals surface area contributed by atoms with E-state index >= 15 is 0 Å². The summed E-state index contributed by atoms with van der Waals surface area (Å²) in [6.45, 7) is 4.84. The van der Waals surface area contributed by atoms with Crippen molar-refractivity contribution in [3.8, 4) is 39.1 Å². The molecule has 0 radical (unpaired) electrons. The average molecular weight is 770 g/mol. The number of nitrogens with zero attached hydrogens (tertiary/aromatic N) is 1. The largest absolute Gasteiger partial charge is 0.309 e. The highest BCUT2D eigenvalue weighted by molar-refractivity contribution is 7.19. The second-order valence-corrected chi connectivity index (χ2v) is 20.3. The van der Waals surface area contributed by atoms with Gasteiger partial charge in [0.1, 0.15) is 0 Å². The topological polar surface area (TPSA) is 4.93 Å². The highest BCUT2D eigenvalue weighted by Crippen LogP contribution is 2.49. The fourth-order valence-corrected chi connectivity index (χ4v) is 14.9. The quantitative estimate of drug-likeness (QED) is 0.112. The van der Waals surface area contributed by atoms with Gasteiger partial charge < -0.3 is 4.57 Å². The minimum Gasteiger partial charge on any atom is -0.309 e. The molecule has 0 bridgehead atoms. The van der Waals surface area contributed by atoms with Crippen LogP contribution in [0, 0.1) is 0 Å². The summed E-state index contributed by atoms with van der Waals surface area (Å²) < 4.78 is 2.41. The maximum Gasteiger partial charge on any atom is 0.179 e. The molecule has 0 N–H and O–H groups in total. The molecule has 0 saturated heterocycles. The van der Waals surface area contributed by atoms with Crippen LogP contribution < -0.4 is 20.7 Å². The monoisotopic (exact) mass is 769 g/mol. The molecule has 1 aliphatic rings. The van der Waals surface area contributed by atoms with E-state index in [4.69, 9.17) is 0 Å². The van der Waals surface area contributed by atoms with Gasteiger partial charge in [-0.25, -0.2) is 0 Å². The molecule has 1 heterocycles. The maximum atomic E-state index is 2.57. The smallest absolute Gasteiger partial charge is 0.179 e. The van der Waals surface area contributed by atoms with Crippen molar-refractivity contribution in [2.45, 2.75) is 19.3 Å². The van der Waals surface area contributed by atoms with Crippen molar-refractivity contribution in [3.05, 3.63) is 236 Å². The Bertz CT molecular complexity index is 3050. The Balaban J connectivity index is 1.02. The van der Waals surface area contributed by atoms with E-state index in [9.17, 15) is 0 Å². The number of fused-ring (bicyclic) bond motifs is 6. The van der Waals surface area contributed by atoms with E-state index < -0.39 is 8.07 Å². The molecule has 2 heteroatoms. The Hall–Kier alpha value is -7.00. The van der Waals surface area contributed by atoms with Gasteiger partial charge in [0.2, 0.25) is 0 Å². The molecule has 59 heavy (non-hydrogen) atoms. The standard InChI is InChI=1S/C57H43NSi/c1-57(2)53-38-43(42-30-36-56-52(37-42)51-25-15-16-26-55(51)58(56)44-31-27-41(28-32-44)40-17-7-3-8-18-40)29-34-49(53)50-35-33-48(39-54(50)57)59(45-19-9-4-10-20-45,46-21-11-5-12-22-46)47-23-13-6-14-24-47/h3-39H,1-2H3. The molecular weight excluding hydrogens is 727 g/mol. The van der Waals surface area contributed by atoms with E-state index in [2.05, 4.69) is 243 Å². The number of benzene rings is 9. The Morgan fingerprint density at radius 2 is 0.797 bits per heavy atom. The van der Waals surface area contributed by atoms with Gasteiger partial charge in [0, 0.05) is 21.9 Å². The number of aromatic nitrogens is 1. The predicted molar refractivity (Wildman–Crippen MR) is 253 cm³/mol. The molecule has 9 aromatic carbocycles. The number of hydrogen-bond acceptors (Lipinski definition) is 0. The lowest BCUT2D eigenvalue weighted by atomic mass is 9.81. The Morgan fingerprint density at radius 3 is 1.42 bits per heavy atom. The van der Waals surface area contributed by atoms with E-state index in [-0.39, 0.29) is 5.41 Å². The molecule has 0 atom stereocenters.